The van der Waals surface area contributed by atoms with Gasteiger partial charge < -0.3 is 9.67 Å². The number of hydrogen-bond acceptors (Lipinski definition) is 3. The Morgan fingerprint density at radius 2 is 2.41 bits per heavy atom. The molecule has 5 heteroatoms. The monoisotopic (exact) mass is 254 g/mol. The van der Waals surface area contributed by atoms with Crippen molar-refractivity contribution in [3.63, 3.8) is 0 Å². The maximum absolute atomic E-state index is 10.6. The van der Waals surface area contributed by atoms with E-state index in [1.807, 2.05) is 13.1 Å². The van der Waals surface area contributed by atoms with Crippen molar-refractivity contribution in [3.8, 4) is 0 Å². The molecule has 17 heavy (non-hydrogen) atoms. The number of carboxylic acids is 1. The Hall–Kier alpha value is -0.970. The highest BCUT2D eigenvalue weighted by molar-refractivity contribution is 7.99. The summed E-state index contributed by atoms with van der Waals surface area (Å²) in [4.78, 5) is 15.0. The van der Waals surface area contributed by atoms with Gasteiger partial charge in [-0.1, -0.05) is 18.2 Å². The van der Waals surface area contributed by atoms with Gasteiger partial charge in [0.15, 0.2) is 5.16 Å². The van der Waals surface area contributed by atoms with Gasteiger partial charge in [-0.05, 0) is 32.6 Å². The molecule has 1 aliphatic rings. The number of aliphatic carboxylic acids is 1. The highest BCUT2D eigenvalue weighted by Crippen LogP contribution is 2.37. The van der Waals surface area contributed by atoms with Crippen molar-refractivity contribution in [2.75, 3.05) is 5.75 Å². The fraction of sp³-hybridized carbons (Fsp3) is 0.667. The van der Waals surface area contributed by atoms with Crippen LogP contribution in [0.15, 0.2) is 11.4 Å². The van der Waals surface area contributed by atoms with Gasteiger partial charge in [-0.3, -0.25) is 4.79 Å². The lowest BCUT2D eigenvalue weighted by atomic mass is 9.80. The lowest BCUT2D eigenvalue weighted by Crippen LogP contribution is -2.23. The van der Waals surface area contributed by atoms with Gasteiger partial charge in [-0.2, -0.15) is 0 Å². The maximum Gasteiger partial charge on any atom is 0.313 e. The minimum atomic E-state index is -0.793. The summed E-state index contributed by atoms with van der Waals surface area (Å²) in [6.45, 7) is 4.16. The van der Waals surface area contributed by atoms with Gasteiger partial charge in [0, 0.05) is 12.2 Å². The maximum atomic E-state index is 10.6. The van der Waals surface area contributed by atoms with Crippen LogP contribution in [0.1, 0.15) is 37.9 Å². The van der Waals surface area contributed by atoms with Crippen LogP contribution in [0.5, 0.6) is 0 Å². The average Bonchev–Trinajstić information content (AvgIpc) is 2.53. The van der Waals surface area contributed by atoms with E-state index in [1.54, 1.807) is 0 Å². The van der Waals surface area contributed by atoms with E-state index in [0.29, 0.717) is 6.04 Å². The normalized spacial score (nSPS) is 17.8. The molecule has 1 atom stereocenters. The molecular formula is C12H18N2O2S. The molecular weight excluding hydrogens is 236 g/mol. The Bertz CT molecular complexity index is 413. The summed E-state index contributed by atoms with van der Waals surface area (Å²) in [5, 5.41) is 9.56. The van der Waals surface area contributed by atoms with Crippen LogP contribution in [-0.4, -0.2) is 26.4 Å². The van der Waals surface area contributed by atoms with Crippen molar-refractivity contribution in [3.05, 3.63) is 11.9 Å². The molecule has 1 aliphatic carbocycles. The molecule has 1 N–H and O–H groups in total. The summed E-state index contributed by atoms with van der Waals surface area (Å²) in [6, 6.07) is 0.432. The van der Waals surface area contributed by atoms with E-state index in [4.69, 9.17) is 5.11 Å². The Morgan fingerprint density at radius 1 is 1.71 bits per heavy atom. The first-order valence-corrected chi connectivity index (χ1v) is 6.96. The number of aryl methyl sites for hydroxylation is 1. The summed E-state index contributed by atoms with van der Waals surface area (Å²) in [5.41, 5.74) is 0.962. The topological polar surface area (TPSA) is 55.1 Å². The largest absolute Gasteiger partial charge is 0.481 e. The lowest BCUT2D eigenvalue weighted by molar-refractivity contribution is -0.133. The van der Waals surface area contributed by atoms with Gasteiger partial charge >= 0.3 is 5.97 Å². The number of rotatable bonds is 5. The first kappa shape index (κ1) is 12.5. The zero-order chi connectivity index (χ0) is 12.4. The third kappa shape index (κ3) is 2.83. The Balaban J connectivity index is 2.11. The van der Waals surface area contributed by atoms with E-state index in [1.165, 1.54) is 31.0 Å². The van der Waals surface area contributed by atoms with Crippen LogP contribution in [0, 0.1) is 12.8 Å². The second-order valence-corrected chi connectivity index (χ2v) is 5.63. The van der Waals surface area contributed by atoms with Crippen molar-refractivity contribution in [2.45, 2.75) is 44.3 Å². The third-order valence-corrected chi connectivity index (χ3v) is 4.37. The number of carbonyl (C=O) groups is 1. The smallest absolute Gasteiger partial charge is 0.313 e. The number of hydrogen-bond donors (Lipinski definition) is 1. The molecule has 0 aliphatic heterocycles. The zero-order valence-corrected chi connectivity index (χ0v) is 11.0. The summed E-state index contributed by atoms with van der Waals surface area (Å²) in [5.74, 6) is 0.0136. The van der Waals surface area contributed by atoms with E-state index >= 15 is 0 Å². The third-order valence-electron chi connectivity index (χ3n) is 3.41. The Labute approximate surface area is 105 Å². The van der Waals surface area contributed by atoms with Crippen molar-refractivity contribution in [1.82, 2.24) is 9.55 Å². The Kier molecular flexibility index (Phi) is 3.76. The summed E-state index contributed by atoms with van der Waals surface area (Å²) in [7, 11) is 0. The molecule has 1 aromatic heterocycles. The Morgan fingerprint density at radius 3 is 2.94 bits per heavy atom. The van der Waals surface area contributed by atoms with E-state index < -0.39 is 5.97 Å². The second kappa shape index (κ2) is 5.12. The van der Waals surface area contributed by atoms with E-state index in [9.17, 15) is 4.79 Å². The molecule has 0 spiro atoms. The first-order chi connectivity index (χ1) is 8.08. The molecule has 1 heterocycles. The number of nitrogens with zero attached hydrogens (tertiary/aromatic N) is 2. The standard InChI is InChI=1S/C12H18N2O2S/c1-8-6-14(9(2)10-4-3-5-10)12(13-8)17-7-11(15)16/h6,9-10H,3-5,7H2,1-2H3,(H,15,16). The van der Waals surface area contributed by atoms with E-state index in [2.05, 4.69) is 16.5 Å². The molecule has 2 rings (SSSR count). The molecule has 4 nitrogen and oxygen atoms in total. The van der Waals surface area contributed by atoms with Crippen molar-refractivity contribution in [1.29, 1.82) is 0 Å². The number of carboxylic acid groups (broad SMARTS) is 1. The van der Waals surface area contributed by atoms with Crippen LogP contribution in [0.4, 0.5) is 0 Å². The van der Waals surface area contributed by atoms with Crippen LogP contribution < -0.4 is 0 Å². The van der Waals surface area contributed by atoms with Crippen LogP contribution in [0.25, 0.3) is 0 Å². The van der Waals surface area contributed by atoms with Gasteiger partial charge in [0.05, 0.1) is 11.4 Å². The zero-order valence-electron chi connectivity index (χ0n) is 10.2. The highest BCUT2D eigenvalue weighted by Gasteiger charge is 2.26. The van der Waals surface area contributed by atoms with Gasteiger partial charge in [-0.15, -0.1) is 0 Å². The van der Waals surface area contributed by atoms with Gasteiger partial charge in [0.2, 0.25) is 0 Å². The number of aromatic nitrogens is 2. The van der Waals surface area contributed by atoms with Crippen molar-refractivity contribution in [2.24, 2.45) is 5.92 Å². The predicted octanol–water partition coefficient (Wildman–Crippen LogP) is 2.73. The van der Waals surface area contributed by atoms with Gasteiger partial charge in [0.1, 0.15) is 0 Å². The number of thioether (sulfide) groups is 1. The summed E-state index contributed by atoms with van der Waals surface area (Å²) >= 11 is 1.31. The van der Waals surface area contributed by atoms with E-state index in [0.717, 1.165) is 16.8 Å². The van der Waals surface area contributed by atoms with E-state index in [-0.39, 0.29) is 5.75 Å². The summed E-state index contributed by atoms with van der Waals surface area (Å²) < 4.78 is 2.15. The molecule has 0 aromatic carbocycles. The van der Waals surface area contributed by atoms with Crippen molar-refractivity contribution < 1.29 is 9.90 Å². The average molecular weight is 254 g/mol. The quantitative estimate of drug-likeness (QED) is 0.821. The first-order valence-electron chi connectivity index (χ1n) is 5.98. The predicted molar refractivity (Wildman–Crippen MR) is 67.4 cm³/mol. The molecule has 1 unspecified atom stereocenters. The molecule has 94 valence electrons. The molecule has 1 saturated carbocycles. The van der Waals surface area contributed by atoms with Crippen LogP contribution in [0.3, 0.4) is 0 Å². The van der Waals surface area contributed by atoms with Crippen LogP contribution >= 0.6 is 11.8 Å². The van der Waals surface area contributed by atoms with Crippen LogP contribution in [0.2, 0.25) is 0 Å². The molecule has 1 fully saturated rings. The van der Waals surface area contributed by atoms with Gasteiger partial charge in [-0.25, -0.2) is 4.98 Å². The molecule has 1 aromatic rings. The van der Waals surface area contributed by atoms with Crippen molar-refractivity contribution >= 4 is 17.7 Å². The molecule has 0 radical (unpaired) electrons. The van der Waals surface area contributed by atoms with Gasteiger partial charge in [0.25, 0.3) is 0 Å². The fourth-order valence-electron chi connectivity index (χ4n) is 2.17. The second-order valence-electron chi connectivity index (χ2n) is 4.69. The lowest BCUT2D eigenvalue weighted by Gasteiger charge is -2.32. The molecule has 0 saturated heterocycles. The fourth-order valence-corrected chi connectivity index (χ4v) is 3.00. The van der Waals surface area contributed by atoms with Crippen LogP contribution in [-0.2, 0) is 4.79 Å². The molecule has 0 amide bonds. The minimum absolute atomic E-state index is 0.0772. The number of imidazole rings is 1. The molecule has 0 bridgehead atoms. The highest BCUT2D eigenvalue weighted by atomic mass is 32.2. The minimum Gasteiger partial charge on any atom is -0.481 e. The SMILES string of the molecule is Cc1cn(C(C)C2CCC2)c(SCC(=O)O)n1. The summed E-state index contributed by atoms with van der Waals surface area (Å²) in [6.07, 6.45) is 5.91.